The monoisotopic (exact) mass is 385 g/mol. The summed E-state index contributed by atoms with van der Waals surface area (Å²) >= 11 is 6.00. The molecule has 0 radical (unpaired) electrons. The molecule has 2 aliphatic heterocycles. The number of piperidine rings is 1. The van der Waals surface area contributed by atoms with Crippen molar-refractivity contribution in [2.75, 3.05) is 32.4 Å². The van der Waals surface area contributed by atoms with Crippen LogP contribution in [-0.2, 0) is 16.4 Å². The van der Waals surface area contributed by atoms with Crippen molar-refractivity contribution < 1.29 is 8.42 Å². The Bertz CT molecular complexity index is 674. The molecular formula is C18H28ClN3O2S. The molecule has 2 atom stereocenters. The van der Waals surface area contributed by atoms with Crippen LogP contribution in [0.5, 0.6) is 0 Å². The van der Waals surface area contributed by atoms with Gasteiger partial charge in [-0.2, -0.15) is 4.31 Å². The van der Waals surface area contributed by atoms with Crippen LogP contribution in [0.4, 0.5) is 0 Å². The lowest BCUT2D eigenvalue weighted by Crippen LogP contribution is -2.62. The molecule has 1 aromatic carbocycles. The van der Waals surface area contributed by atoms with Crippen molar-refractivity contribution >= 4 is 21.6 Å². The van der Waals surface area contributed by atoms with Crippen LogP contribution in [0.1, 0.15) is 25.3 Å². The third-order valence-corrected chi connectivity index (χ3v) is 7.03. The van der Waals surface area contributed by atoms with Crippen LogP contribution in [0, 0.1) is 0 Å². The van der Waals surface area contributed by atoms with Crippen molar-refractivity contribution in [2.45, 2.75) is 44.3 Å². The van der Waals surface area contributed by atoms with E-state index in [1.165, 1.54) is 11.8 Å². The van der Waals surface area contributed by atoms with E-state index in [1.807, 2.05) is 31.2 Å². The van der Waals surface area contributed by atoms with E-state index >= 15 is 0 Å². The van der Waals surface area contributed by atoms with Crippen LogP contribution >= 0.6 is 11.6 Å². The van der Waals surface area contributed by atoms with Crippen molar-refractivity contribution in [1.29, 1.82) is 0 Å². The Morgan fingerprint density at radius 2 is 1.80 bits per heavy atom. The molecule has 2 saturated heterocycles. The second-order valence-corrected chi connectivity index (χ2v) is 9.72. The minimum absolute atomic E-state index is 0.0198. The van der Waals surface area contributed by atoms with Crippen LogP contribution in [0.25, 0.3) is 0 Å². The maximum absolute atomic E-state index is 12.2. The number of piperazine rings is 1. The molecule has 0 aliphatic carbocycles. The van der Waals surface area contributed by atoms with E-state index in [1.54, 1.807) is 4.31 Å². The van der Waals surface area contributed by atoms with Gasteiger partial charge in [-0.1, -0.05) is 23.7 Å². The first-order valence-electron chi connectivity index (χ1n) is 9.02. The van der Waals surface area contributed by atoms with Gasteiger partial charge in [-0.25, -0.2) is 8.42 Å². The zero-order chi connectivity index (χ0) is 18.0. The fourth-order valence-corrected chi connectivity index (χ4v) is 5.45. The van der Waals surface area contributed by atoms with Gasteiger partial charge in [0.15, 0.2) is 0 Å². The second-order valence-electron chi connectivity index (χ2n) is 7.34. The molecule has 1 unspecified atom stereocenters. The van der Waals surface area contributed by atoms with Gasteiger partial charge in [-0.3, -0.25) is 4.90 Å². The summed E-state index contributed by atoms with van der Waals surface area (Å²) in [5, 5.41) is 4.15. The summed E-state index contributed by atoms with van der Waals surface area (Å²) in [6.07, 6.45) is 4.42. The third kappa shape index (κ3) is 4.74. The van der Waals surface area contributed by atoms with E-state index in [4.69, 9.17) is 11.6 Å². The normalized spacial score (nSPS) is 27.5. The van der Waals surface area contributed by atoms with Crippen molar-refractivity contribution in [3.8, 4) is 0 Å². The number of nitrogens with zero attached hydrogens (tertiary/aromatic N) is 2. The molecule has 2 aliphatic rings. The number of benzene rings is 1. The number of hydrogen-bond acceptors (Lipinski definition) is 4. The minimum Gasteiger partial charge on any atom is -0.317 e. The van der Waals surface area contributed by atoms with Crippen LogP contribution in [-0.4, -0.2) is 68.2 Å². The molecule has 140 valence electrons. The van der Waals surface area contributed by atoms with E-state index in [0.717, 1.165) is 43.9 Å². The molecule has 25 heavy (non-hydrogen) atoms. The Morgan fingerprint density at radius 1 is 1.16 bits per heavy atom. The van der Waals surface area contributed by atoms with Crippen LogP contribution < -0.4 is 5.32 Å². The predicted octanol–water partition coefficient (Wildman–Crippen LogP) is 1.97. The molecule has 3 rings (SSSR count). The van der Waals surface area contributed by atoms with Gasteiger partial charge in [0.05, 0.1) is 6.26 Å². The first-order chi connectivity index (χ1) is 11.8. The number of halogens is 1. The van der Waals surface area contributed by atoms with E-state index in [-0.39, 0.29) is 12.1 Å². The van der Waals surface area contributed by atoms with Crippen LogP contribution in [0.15, 0.2) is 24.3 Å². The summed E-state index contributed by atoms with van der Waals surface area (Å²) in [5.41, 5.74) is 1.20. The second kappa shape index (κ2) is 7.92. The van der Waals surface area contributed by atoms with Gasteiger partial charge in [-0.15, -0.1) is 0 Å². The molecule has 0 amide bonds. The number of hydrogen-bond donors (Lipinski definition) is 1. The largest absolute Gasteiger partial charge is 0.317 e. The quantitative estimate of drug-likeness (QED) is 0.860. The van der Waals surface area contributed by atoms with Gasteiger partial charge in [0, 0.05) is 36.2 Å². The lowest BCUT2D eigenvalue weighted by Gasteiger charge is -2.48. The fraction of sp³-hybridized carbons (Fsp3) is 0.667. The van der Waals surface area contributed by atoms with E-state index < -0.39 is 10.0 Å². The Hall–Kier alpha value is -0.660. The van der Waals surface area contributed by atoms with Gasteiger partial charge in [0.25, 0.3) is 0 Å². The SMILES string of the molecule is C[C@H]1CN(C2CCNCC2)C(Cc2ccc(Cl)cc2)CN1S(C)(=O)=O. The van der Waals surface area contributed by atoms with Gasteiger partial charge in [-0.05, 0) is 57.0 Å². The molecule has 2 heterocycles. The van der Waals surface area contributed by atoms with E-state index in [0.29, 0.717) is 12.6 Å². The van der Waals surface area contributed by atoms with Gasteiger partial charge < -0.3 is 5.32 Å². The zero-order valence-electron chi connectivity index (χ0n) is 15.0. The molecule has 0 spiro atoms. The van der Waals surface area contributed by atoms with Crippen LogP contribution in [0.3, 0.4) is 0 Å². The first kappa shape index (κ1) is 19.1. The number of sulfonamides is 1. The van der Waals surface area contributed by atoms with Crippen molar-refractivity contribution in [1.82, 2.24) is 14.5 Å². The maximum Gasteiger partial charge on any atom is 0.211 e. The van der Waals surface area contributed by atoms with Gasteiger partial charge >= 0.3 is 0 Å². The Kier molecular flexibility index (Phi) is 6.06. The Labute approximate surface area is 156 Å². The summed E-state index contributed by atoms with van der Waals surface area (Å²) in [6.45, 7) is 5.47. The lowest BCUT2D eigenvalue weighted by molar-refractivity contribution is 0.0340. The summed E-state index contributed by atoms with van der Waals surface area (Å²) in [4.78, 5) is 2.56. The van der Waals surface area contributed by atoms with E-state index in [2.05, 4.69) is 10.2 Å². The fourth-order valence-electron chi connectivity index (χ4n) is 4.16. The highest BCUT2D eigenvalue weighted by molar-refractivity contribution is 7.88. The number of rotatable bonds is 4. The topological polar surface area (TPSA) is 52.6 Å². The molecular weight excluding hydrogens is 358 g/mol. The highest BCUT2D eigenvalue weighted by Gasteiger charge is 2.39. The van der Waals surface area contributed by atoms with Crippen molar-refractivity contribution in [2.24, 2.45) is 0 Å². The molecule has 7 heteroatoms. The highest BCUT2D eigenvalue weighted by atomic mass is 35.5. The standard InChI is InChI=1S/C18H28ClN3O2S/c1-14-12-21(17-7-9-20-10-8-17)18(13-22(14)25(2,23)24)11-15-3-5-16(19)6-4-15/h3-6,14,17-18,20H,7-13H2,1-2H3/t14-,18?/m0/s1. The average Bonchev–Trinajstić information content (AvgIpc) is 2.58. The smallest absolute Gasteiger partial charge is 0.211 e. The molecule has 0 aromatic heterocycles. The summed E-state index contributed by atoms with van der Waals surface area (Å²) in [7, 11) is -3.19. The third-order valence-electron chi connectivity index (χ3n) is 5.41. The molecule has 2 fully saturated rings. The Morgan fingerprint density at radius 3 is 2.40 bits per heavy atom. The summed E-state index contributed by atoms with van der Waals surface area (Å²) in [5.74, 6) is 0. The van der Waals surface area contributed by atoms with Crippen LogP contribution in [0.2, 0.25) is 5.02 Å². The first-order valence-corrected chi connectivity index (χ1v) is 11.2. The Balaban J connectivity index is 1.82. The van der Waals surface area contributed by atoms with Gasteiger partial charge in [0.2, 0.25) is 10.0 Å². The number of nitrogens with one attached hydrogen (secondary N) is 1. The summed E-state index contributed by atoms with van der Waals surface area (Å²) < 4.78 is 26.1. The lowest BCUT2D eigenvalue weighted by atomic mass is 9.95. The molecule has 5 nitrogen and oxygen atoms in total. The van der Waals surface area contributed by atoms with Crippen molar-refractivity contribution in [3.05, 3.63) is 34.9 Å². The average molecular weight is 386 g/mol. The van der Waals surface area contributed by atoms with Crippen molar-refractivity contribution in [3.63, 3.8) is 0 Å². The molecule has 1 aromatic rings. The minimum atomic E-state index is -3.19. The summed E-state index contributed by atoms with van der Waals surface area (Å²) in [6, 6.07) is 8.67. The highest BCUT2D eigenvalue weighted by Crippen LogP contribution is 2.26. The van der Waals surface area contributed by atoms with Gasteiger partial charge in [0.1, 0.15) is 0 Å². The predicted molar refractivity (Wildman–Crippen MR) is 103 cm³/mol. The molecule has 0 bridgehead atoms. The van der Waals surface area contributed by atoms with E-state index in [9.17, 15) is 8.42 Å². The maximum atomic E-state index is 12.2. The molecule has 1 N–H and O–H groups in total. The zero-order valence-corrected chi connectivity index (χ0v) is 16.6. The molecule has 0 saturated carbocycles.